The summed E-state index contributed by atoms with van der Waals surface area (Å²) in [5.74, 6) is 0. The minimum absolute atomic E-state index is 0.292. The third-order valence-electron chi connectivity index (χ3n) is 1.45. The van der Waals surface area contributed by atoms with Crippen LogP contribution >= 0.6 is 0 Å². The van der Waals surface area contributed by atoms with Crippen molar-refractivity contribution < 1.29 is 5.11 Å². The molecule has 1 heterocycles. The first-order valence-corrected chi connectivity index (χ1v) is 6.34. The van der Waals surface area contributed by atoms with Crippen LogP contribution in [0.3, 0.4) is 0 Å². The fraction of sp³-hybridized carbons (Fsp3) is 0.500. The number of hydrogen-bond donors (Lipinski definition) is 1. The van der Waals surface area contributed by atoms with Crippen molar-refractivity contribution in [2.75, 3.05) is 0 Å². The quantitative estimate of drug-likeness (QED) is 0.595. The standard InChI is InChI=1S/C8H13AsO/c1-8(2,3)9-6-4-5-7(9)10/h4-6,10H,1-3H3. The van der Waals surface area contributed by atoms with Crippen LogP contribution in [0.15, 0.2) is 21.6 Å². The van der Waals surface area contributed by atoms with E-state index >= 15 is 0 Å². The molecular weight excluding hydrogens is 187 g/mol. The van der Waals surface area contributed by atoms with Gasteiger partial charge in [0.2, 0.25) is 0 Å². The third kappa shape index (κ3) is 1.46. The van der Waals surface area contributed by atoms with Crippen LogP contribution in [0, 0.1) is 0 Å². The topological polar surface area (TPSA) is 20.2 Å². The predicted octanol–water partition coefficient (Wildman–Crippen LogP) is 2.37. The maximum absolute atomic E-state index is 9.39. The minimum atomic E-state index is -1.19. The summed E-state index contributed by atoms with van der Waals surface area (Å²) in [5.41, 5.74) is 0. The van der Waals surface area contributed by atoms with Gasteiger partial charge in [-0.1, -0.05) is 0 Å². The van der Waals surface area contributed by atoms with Crippen LogP contribution in [0.2, 0.25) is 4.20 Å². The summed E-state index contributed by atoms with van der Waals surface area (Å²) in [6.07, 6.45) is 3.80. The molecule has 1 rings (SSSR count). The summed E-state index contributed by atoms with van der Waals surface area (Å²) in [6.45, 7) is 6.56. The monoisotopic (exact) mass is 200 g/mol. The number of rotatable bonds is 0. The second-order valence-corrected chi connectivity index (χ2v) is 9.36. The van der Waals surface area contributed by atoms with Gasteiger partial charge < -0.3 is 0 Å². The average molecular weight is 200 g/mol. The molecule has 1 N–H and O–H groups in total. The Morgan fingerprint density at radius 1 is 1.40 bits per heavy atom. The zero-order valence-corrected chi connectivity index (χ0v) is 8.50. The van der Waals surface area contributed by atoms with E-state index in [1.807, 2.05) is 12.2 Å². The van der Waals surface area contributed by atoms with E-state index < -0.39 is 14.7 Å². The zero-order chi connectivity index (χ0) is 7.78. The van der Waals surface area contributed by atoms with E-state index in [4.69, 9.17) is 0 Å². The Balaban J connectivity index is 2.76. The van der Waals surface area contributed by atoms with Crippen LogP contribution in [0.4, 0.5) is 0 Å². The molecule has 0 aromatic rings. The van der Waals surface area contributed by atoms with Crippen molar-refractivity contribution in [1.82, 2.24) is 0 Å². The van der Waals surface area contributed by atoms with Crippen LogP contribution in [0.25, 0.3) is 0 Å². The molecular formula is C8H13AsO. The van der Waals surface area contributed by atoms with Gasteiger partial charge in [-0.3, -0.25) is 0 Å². The fourth-order valence-electron chi connectivity index (χ4n) is 0.939. The predicted molar refractivity (Wildman–Crippen MR) is 45.3 cm³/mol. The molecule has 1 aliphatic rings. The summed E-state index contributed by atoms with van der Waals surface area (Å²) in [4.78, 5) is 2.18. The third-order valence-corrected chi connectivity index (χ3v) is 6.82. The van der Waals surface area contributed by atoms with E-state index in [0.29, 0.717) is 8.75 Å². The van der Waals surface area contributed by atoms with E-state index in [-0.39, 0.29) is 0 Å². The second kappa shape index (κ2) is 2.47. The summed E-state index contributed by atoms with van der Waals surface area (Å²) >= 11 is -1.19. The molecule has 1 atom stereocenters. The van der Waals surface area contributed by atoms with Crippen molar-refractivity contribution in [3.8, 4) is 0 Å². The van der Waals surface area contributed by atoms with Crippen molar-refractivity contribution >= 4 is 14.7 Å². The van der Waals surface area contributed by atoms with Crippen molar-refractivity contribution in [1.29, 1.82) is 0 Å². The number of aliphatic hydroxyl groups excluding tert-OH is 1. The molecule has 0 amide bonds. The first kappa shape index (κ1) is 7.94. The molecule has 56 valence electrons. The van der Waals surface area contributed by atoms with Crippen LogP contribution in [0.5, 0.6) is 0 Å². The normalized spacial score (nSPS) is 25.1. The molecule has 0 aliphatic carbocycles. The van der Waals surface area contributed by atoms with Crippen LogP contribution < -0.4 is 0 Å². The van der Waals surface area contributed by atoms with Crippen LogP contribution in [-0.4, -0.2) is 19.8 Å². The van der Waals surface area contributed by atoms with E-state index in [1.54, 1.807) is 0 Å². The van der Waals surface area contributed by atoms with Gasteiger partial charge in [0.15, 0.2) is 0 Å². The van der Waals surface area contributed by atoms with E-state index in [9.17, 15) is 5.11 Å². The maximum atomic E-state index is 9.39. The molecule has 0 saturated heterocycles. The van der Waals surface area contributed by atoms with Gasteiger partial charge in [0.1, 0.15) is 0 Å². The van der Waals surface area contributed by atoms with Gasteiger partial charge in [-0.05, 0) is 0 Å². The summed E-state index contributed by atoms with van der Waals surface area (Å²) in [6, 6.07) is 0. The van der Waals surface area contributed by atoms with E-state index in [0.717, 1.165) is 0 Å². The molecule has 0 bridgehead atoms. The van der Waals surface area contributed by atoms with Gasteiger partial charge in [0, 0.05) is 0 Å². The van der Waals surface area contributed by atoms with Crippen molar-refractivity contribution in [2.24, 2.45) is 0 Å². The Labute approximate surface area is 66.7 Å². The van der Waals surface area contributed by atoms with Gasteiger partial charge in [-0.2, -0.15) is 0 Å². The summed E-state index contributed by atoms with van der Waals surface area (Å²) in [7, 11) is 0. The molecule has 10 heavy (non-hydrogen) atoms. The van der Waals surface area contributed by atoms with Crippen LogP contribution in [0.1, 0.15) is 20.8 Å². The number of hydrogen-bond acceptors (Lipinski definition) is 1. The van der Waals surface area contributed by atoms with Crippen molar-refractivity contribution in [3.05, 3.63) is 21.6 Å². The Bertz CT molecular complexity index is 186. The van der Waals surface area contributed by atoms with E-state index in [1.165, 1.54) is 0 Å². The molecule has 1 nitrogen and oxygen atoms in total. The molecule has 0 radical (unpaired) electrons. The van der Waals surface area contributed by atoms with Gasteiger partial charge in [0.25, 0.3) is 0 Å². The first-order valence-electron chi connectivity index (χ1n) is 3.38. The molecule has 1 unspecified atom stereocenters. The summed E-state index contributed by atoms with van der Waals surface area (Å²) < 4.78 is 0.931. The molecule has 0 spiro atoms. The molecule has 0 fully saturated rings. The second-order valence-electron chi connectivity index (χ2n) is 3.41. The SMILES string of the molecule is CC(C)(C)[As]1C=CC=C1O. The fourth-order valence-corrected chi connectivity index (χ4v) is 4.70. The van der Waals surface area contributed by atoms with Gasteiger partial charge >= 0.3 is 66.3 Å². The Kier molecular flexibility index (Phi) is 1.96. The first-order chi connectivity index (χ1) is 4.52. The molecule has 2 heteroatoms. The van der Waals surface area contributed by atoms with Crippen molar-refractivity contribution in [2.45, 2.75) is 25.0 Å². The average Bonchev–Trinajstić information content (AvgIpc) is 2.11. The zero-order valence-electron chi connectivity index (χ0n) is 6.63. The Morgan fingerprint density at radius 3 is 2.20 bits per heavy atom. The summed E-state index contributed by atoms with van der Waals surface area (Å²) in [5, 5.41) is 9.39. The van der Waals surface area contributed by atoms with Gasteiger partial charge in [-0.25, -0.2) is 0 Å². The number of aliphatic hydroxyl groups is 1. The molecule has 0 aromatic heterocycles. The van der Waals surface area contributed by atoms with Crippen LogP contribution in [-0.2, 0) is 0 Å². The Hall–Kier alpha value is -0.162. The molecule has 0 aromatic carbocycles. The Morgan fingerprint density at radius 2 is 2.00 bits per heavy atom. The van der Waals surface area contributed by atoms with Gasteiger partial charge in [0.05, 0.1) is 0 Å². The van der Waals surface area contributed by atoms with Crippen molar-refractivity contribution in [3.63, 3.8) is 0 Å². The molecule has 0 saturated carbocycles. The van der Waals surface area contributed by atoms with E-state index in [2.05, 4.69) is 25.6 Å². The number of allylic oxidation sites excluding steroid dienone is 2. The molecule has 1 aliphatic heterocycles. The van der Waals surface area contributed by atoms with Gasteiger partial charge in [-0.15, -0.1) is 0 Å².